The lowest BCUT2D eigenvalue weighted by Crippen LogP contribution is -2.38. The molecule has 1 atom stereocenters. The van der Waals surface area contributed by atoms with Crippen molar-refractivity contribution in [3.63, 3.8) is 0 Å². The van der Waals surface area contributed by atoms with Gasteiger partial charge in [-0.3, -0.25) is 4.79 Å². The number of benzene rings is 1. The van der Waals surface area contributed by atoms with Gasteiger partial charge in [-0.05, 0) is 32.4 Å². The molecule has 1 amide bonds. The highest BCUT2D eigenvalue weighted by molar-refractivity contribution is 5.92. The number of hydrogen-bond acceptors (Lipinski definition) is 1. The first-order chi connectivity index (χ1) is 9.36. The summed E-state index contributed by atoms with van der Waals surface area (Å²) in [7, 11) is 4.47. The Morgan fingerprint density at radius 3 is 1.95 bits per heavy atom. The summed E-state index contributed by atoms with van der Waals surface area (Å²) in [6.07, 6.45) is 0.874. The molecule has 0 radical (unpaired) electrons. The van der Waals surface area contributed by atoms with Gasteiger partial charge in [0, 0.05) is 11.6 Å². The van der Waals surface area contributed by atoms with E-state index in [0.717, 1.165) is 16.6 Å². The molecule has 20 heavy (non-hydrogen) atoms. The second kappa shape index (κ2) is 9.54. The highest BCUT2D eigenvalue weighted by Gasteiger charge is 2.09. The van der Waals surface area contributed by atoms with E-state index in [-0.39, 0.29) is 11.8 Å². The van der Waals surface area contributed by atoms with E-state index in [1.165, 1.54) is 13.1 Å². The van der Waals surface area contributed by atoms with Crippen LogP contribution in [-0.4, -0.2) is 37.6 Å². The smallest absolute Gasteiger partial charge is 0.227 e. The average Bonchev–Trinajstić information content (AvgIpc) is 2.48. The van der Waals surface area contributed by atoms with Crippen molar-refractivity contribution in [2.75, 3.05) is 32.5 Å². The molecule has 3 nitrogen and oxygen atoms in total. The summed E-state index contributed by atoms with van der Waals surface area (Å²) in [6.45, 7) is 10.8. The third kappa shape index (κ3) is 7.95. The second-order valence-electron chi connectivity index (χ2n) is 5.73. The molecule has 3 heteroatoms. The van der Waals surface area contributed by atoms with Crippen LogP contribution in [0.1, 0.15) is 34.1 Å². The van der Waals surface area contributed by atoms with Gasteiger partial charge in [0.15, 0.2) is 0 Å². The van der Waals surface area contributed by atoms with E-state index >= 15 is 0 Å². The fourth-order valence-corrected chi connectivity index (χ4v) is 1.20. The molecular formula is C17H31N2O+. The number of quaternary nitrogens is 1. The largest absolute Gasteiger partial charge is 0.329 e. The van der Waals surface area contributed by atoms with Crippen molar-refractivity contribution < 1.29 is 9.28 Å². The van der Waals surface area contributed by atoms with Gasteiger partial charge in [0.2, 0.25) is 5.91 Å². The number of anilines is 1. The Balaban J connectivity index is 0.000000441. The van der Waals surface area contributed by atoms with Crippen molar-refractivity contribution in [2.45, 2.75) is 34.1 Å². The minimum absolute atomic E-state index is 0.0835. The third-order valence-electron chi connectivity index (χ3n) is 3.81. The molecule has 0 spiro atoms. The summed E-state index contributed by atoms with van der Waals surface area (Å²) in [5.41, 5.74) is 0.868. The van der Waals surface area contributed by atoms with Gasteiger partial charge in [-0.1, -0.05) is 32.0 Å². The Hall–Kier alpha value is -1.35. The van der Waals surface area contributed by atoms with Crippen LogP contribution >= 0.6 is 0 Å². The summed E-state index contributed by atoms with van der Waals surface area (Å²) in [5, 5.41) is 2.85. The molecule has 0 aliphatic rings. The molecule has 0 aromatic heterocycles. The molecule has 1 rings (SSSR count). The molecule has 0 aliphatic carbocycles. The summed E-state index contributed by atoms with van der Waals surface area (Å²) in [5.74, 6) is 0.175. The van der Waals surface area contributed by atoms with Crippen LogP contribution in [0.3, 0.4) is 0 Å². The zero-order valence-corrected chi connectivity index (χ0v) is 13.9. The fourth-order valence-electron chi connectivity index (χ4n) is 1.20. The standard InChI is InChI=1S/C11H15NO.C6H16N/c1-3-9(2)11(13)12-10-7-5-4-6-8-10;1-5-7(3,4)6-2/h4-9H,3H2,1-2H3,(H,12,13);5-6H2,1-4H3/q;+1. The minimum atomic E-state index is 0.0835. The minimum Gasteiger partial charge on any atom is -0.329 e. The zero-order chi connectivity index (χ0) is 15.6. The summed E-state index contributed by atoms with van der Waals surface area (Å²) >= 11 is 0. The number of nitrogens with one attached hydrogen (secondary N) is 1. The van der Waals surface area contributed by atoms with Crippen molar-refractivity contribution in [2.24, 2.45) is 5.92 Å². The highest BCUT2D eigenvalue weighted by atomic mass is 16.1. The van der Waals surface area contributed by atoms with Gasteiger partial charge in [0.1, 0.15) is 0 Å². The lowest BCUT2D eigenvalue weighted by atomic mass is 10.1. The van der Waals surface area contributed by atoms with E-state index in [9.17, 15) is 4.79 Å². The van der Waals surface area contributed by atoms with E-state index in [0.29, 0.717) is 0 Å². The van der Waals surface area contributed by atoms with Crippen molar-refractivity contribution >= 4 is 11.6 Å². The highest BCUT2D eigenvalue weighted by Crippen LogP contribution is 2.09. The molecule has 0 heterocycles. The molecule has 0 fully saturated rings. The number of amides is 1. The van der Waals surface area contributed by atoms with Crippen molar-refractivity contribution in [3.05, 3.63) is 30.3 Å². The maximum atomic E-state index is 11.4. The molecule has 1 N–H and O–H groups in total. The maximum Gasteiger partial charge on any atom is 0.227 e. The van der Waals surface area contributed by atoms with Gasteiger partial charge in [0.25, 0.3) is 0 Å². The second-order valence-corrected chi connectivity index (χ2v) is 5.73. The third-order valence-corrected chi connectivity index (χ3v) is 3.81. The fraction of sp³-hybridized carbons (Fsp3) is 0.588. The van der Waals surface area contributed by atoms with Crippen LogP contribution < -0.4 is 5.32 Å². The Labute approximate surface area is 124 Å². The summed E-state index contributed by atoms with van der Waals surface area (Å²) in [6, 6.07) is 9.53. The molecule has 0 aliphatic heterocycles. The van der Waals surface area contributed by atoms with Crippen LogP contribution in [0.5, 0.6) is 0 Å². The molecular weight excluding hydrogens is 248 g/mol. The van der Waals surface area contributed by atoms with Crippen molar-refractivity contribution in [1.82, 2.24) is 0 Å². The van der Waals surface area contributed by atoms with Gasteiger partial charge in [-0.2, -0.15) is 0 Å². The van der Waals surface area contributed by atoms with Gasteiger partial charge in [-0.15, -0.1) is 0 Å². The van der Waals surface area contributed by atoms with E-state index in [1.807, 2.05) is 44.2 Å². The van der Waals surface area contributed by atoms with Crippen LogP contribution in [0, 0.1) is 5.92 Å². The van der Waals surface area contributed by atoms with Crippen LogP contribution in [-0.2, 0) is 4.79 Å². The van der Waals surface area contributed by atoms with Crippen LogP contribution in [0.4, 0.5) is 5.69 Å². The lowest BCUT2D eigenvalue weighted by molar-refractivity contribution is -0.886. The van der Waals surface area contributed by atoms with Crippen molar-refractivity contribution in [3.8, 4) is 0 Å². The normalized spacial score (nSPS) is 12.1. The average molecular weight is 279 g/mol. The Bertz CT molecular complexity index is 368. The molecule has 114 valence electrons. The first kappa shape index (κ1) is 18.7. The van der Waals surface area contributed by atoms with E-state index in [1.54, 1.807) is 0 Å². The number of rotatable bonds is 5. The molecule has 0 bridgehead atoms. The summed E-state index contributed by atoms with van der Waals surface area (Å²) in [4.78, 5) is 11.4. The van der Waals surface area contributed by atoms with Gasteiger partial charge in [-0.25, -0.2) is 0 Å². The molecule has 0 saturated carbocycles. The van der Waals surface area contributed by atoms with Gasteiger partial charge < -0.3 is 9.80 Å². The van der Waals surface area contributed by atoms with Gasteiger partial charge in [0.05, 0.1) is 27.2 Å². The molecule has 1 unspecified atom stereocenters. The van der Waals surface area contributed by atoms with E-state index < -0.39 is 0 Å². The number of carbonyl (C=O) groups excluding carboxylic acids is 1. The Morgan fingerprint density at radius 1 is 1.10 bits per heavy atom. The van der Waals surface area contributed by atoms with Crippen LogP contribution in [0.15, 0.2) is 30.3 Å². The van der Waals surface area contributed by atoms with E-state index in [2.05, 4.69) is 33.3 Å². The predicted molar refractivity (Wildman–Crippen MR) is 87.7 cm³/mol. The maximum absolute atomic E-state index is 11.4. The van der Waals surface area contributed by atoms with Gasteiger partial charge >= 0.3 is 0 Å². The SMILES string of the molecule is CCC(C)C(=O)Nc1ccccc1.CC[N+](C)(C)CC. The predicted octanol–water partition coefficient (Wildman–Crippen LogP) is 3.77. The first-order valence-electron chi connectivity index (χ1n) is 7.54. The van der Waals surface area contributed by atoms with E-state index in [4.69, 9.17) is 0 Å². The first-order valence-corrected chi connectivity index (χ1v) is 7.54. The molecule has 1 aromatic rings. The molecule has 0 saturated heterocycles. The van der Waals surface area contributed by atoms with Crippen LogP contribution in [0.2, 0.25) is 0 Å². The number of carbonyl (C=O) groups is 1. The quantitative estimate of drug-likeness (QED) is 0.817. The molecule has 1 aromatic carbocycles. The number of para-hydroxylation sites is 1. The topological polar surface area (TPSA) is 29.1 Å². The lowest BCUT2D eigenvalue weighted by Gasteiger charge is -2.25. The number of nitrogens with zero attached hydrogens (tertiary/aromatic N) is 1. The zero-order valence-electron chi connectivity index (χ0n) is 13.9. The van der Waals surface area contributed by atoms with Crippen molar-refractivity contribution in [1.29, 1.82) is 0 Å². The monoisotopic (exact) mass is 279 g/mol. The Kier molecular flexibility index (Phi) is 8.89. The number of hydrogen-bond donors (Lipinski definition) is 1. The van der Waals surface area contributed by atoms with Crippen LogP contribution in [0.25, 0.3) is 0 Å². The Morgan fingerprint density at radius 2 is 1.60 bits per heavy atom. The summed E-state index contributed by atoms with van der Waals surface area (Å²) < 4.78 is 1.14.